The van der Waals surface area contributed by atoms with Crippen LogP contribution in [-0.4, -0.2) is 54.6 Å². The molecule has 1 aliphatic heterocycles. The van der Waals surface area contributed by atoms with E-state index in [1.807, 2.05) is 36.4 Å². The summed E-state index contributed by atoms with van der Waals surface area (Å²) in [6.07, 6.45) is 4.10. The fourth-order valence-electron chi connectivity index (χ4n) is 3.08. The van der Waals surface area contributed by atoms with Crippen molar-refractivity contribution in [3.63, 3.8) is 0 Å². The summed E-state index contributed by atoms with van der Waals surface area (Å²) in [5.41, 5.74) is 3.13. The van der Waals surface area contributed by atoms with Crippen molar-refractivity contribution in [3.05, 3.63) is 59.8 Å². The maximum absolute atomic E-state index is 5.85. The van der Waals surface area contributed by atoms with E-state index in [1.54, 1.807) is 0 Å². The van der Waals surface area contributed by atoms with Gasteiger partial charge in [0.15, 0.2) is 0 Å². The van der Waals surface area contributed by atoms with Gasteiger partial charge in [0.05, 0.1) is 24.4 Å². The van der Waals surface area contributed by atoms with Crippen LogP contribution in [0.5, 0.6) is 5.75 Å². The number of benzene rings is 2. The predicted octanol–water partition coefficient (Wildman–Crippen LogP) is 3.87. The molecule has 2 heterocycles. The number of rotatable bonds is 6. The van der Waals surface area contributed by atoms with Crippen LogP contribution in [0.25, 0.3) is 23.1 Å². The largest absolute Gasteiger partial charge is 0.492 e. The van der Waals surface area contributed by atoms with Crippen molar-refractivity contribution in [1.29, 1.82) is 0 Å². The summed E-state index contributed by atoms with van der Waals surface area (Å²) in [4.78, 5) is 2.37. The molecule has 2 aromatic carbocycles. The highest BCUT2D eigenvalue weighted by molar-refractivity contribution is 5.89. The Morgan fingerprint density at radius 1 is 1.04 bits per heavy atom. The topological polar surface area (TPSA) is 50.4 Å². The zero-order valence-corrected chi connectivity index (χ0v) is 16.0. The van der Waals surface area contributed by atoms with Gasteiger partial charge in [-0.2, -0.15) is 5.10 Å². The normalized spacial score (nSPS) is 15.1. The van der Waals surface area contributed by atoms with E-state index in [4.69, 9.17) is 9.47 Å². The fourth-order valence-corrected chi connectivity index (χ4v) is 3.08. The molecule has 0 unspecified atom stereocenters. The number of nitrogens with one attached hydrogen (secondary N) is 1. The lowest BCUT2D eigenvalue weighted by molar-refractivity contribution is 0.0322. The molecule has 6 heteroatoms. The van der Waals surface area contributed by atoms with Crippen molar-refractivity contribution in [2.24, 2.45) is 0 Å². The summed E-state index contributed by atoms with van der Waals surface area (Å²) >= 11 is 0. The number of aromatic amines is 1. The fraction of sp³-hybridized carbons (Fsp3) is 0.286. The molecule has 1 aliphatic rings. The van der Waals surface area contributed by atoms with Crippen LogP contribution in [0.15, 0.2) is 48.5 Å². The second kappa shape index (κ2) is 9.55. The summed E-state index contributed by atoms with van der Waals surface area (Å²) < 4.78 is 11.2. The molecule has 0 atom stereocenters. The van der Waals surface area contributed by atoms with Crippen LogP contribution in [0.3, 0.4) is 0 Å². The van der Waals surface area contributed by atoms with Crippen LogP contribution in [0.2, 0.25) is 0 Å². The zero-order valence-electron chi connectivity index (χ0n) is 15.1. The molecule has 4 rings (SSSR count). The minimum absolute atomic E-state index is 0. The van der Waals surface area contributed by atoms with Crippen molar-refractivity contribution in [2.45, 2.75) is 0 Å². The molecular weight excluding hydrogens is 362 g/mol. The van der Waals surface area contributed by atoms with Gasteiger partial charge in [0.1, 0.15) is 12.4 Å². The van der Waals surface area contributed by atoms with Crippen LogP contribution in [0.4, 0.5) is 0 Å². The molecule has 5 nitrogen and oxygen atoms in total. The molecule has 0 spiro atoms. The number of para-hydroxylation sites is 1. The van der Waals surface area contributed by atoms with Crippen LogP contribution in [-0.2, 0) is 4.74 Å². The maximum Gasteiger partial charge on any atom is 0.119 e. The molecule has 0 aliphatic carbocycles. The van der Waals surface area contributed by atoms with E-state index in [-0.39, 0.29) is 12.4 Å². The molecule has 142 valence electrons. The van der Waals surface area contributed by atoms with E-state index in [0.717, 1.165) is 60.8 Å². The molecule has 1 fully saturated rings. The minimum atomic E-state index is 0. The third-order valence-corrected chi connectivity index (χ3v) is 4.59. The van der Waals surface area contributed by atoms with E-state index in [0.29, 0.717) is 6.61 Å². The molecule has 0 radical (unpaired) electrons. The Labute approximate surface area is 165 Å². The van der Waals surface area contributed by atoms with Gasteiger partial charge in [-0.25, -0.2) is 0 Å². The average Bonchev–Trinajstić information content (AvgIpc) is 3.11. The van der Waals surface area contributed by atoms with Gasteiger partial charge in [0.2, 0.25) is 0 Å². The summed E-state index contributed by atoms with van der Waals surface area (Å²) in [6, 6.07) is 16.3. The molecule has 1 saturated heterocycles. The molecular formula is C21H24ClN3O2. The summed E-state index contributed by atoms with van der Waals surface area (Å²) in [5.74, 6) is 0.903. The number of fused-ring (bicyclic) bond motifs is 1. The average molecular weight is 386 g/mol. The lowest BCUT2D eigenvalue weighted by Gasteiger charge is -2.26. The molecule has 1 N–H and O–H groups in total. The summed E-state index contributed by atoms with van der Waals surface area (Å²) in [7, 11) is 0. The first-order chi connectivity index (χ1) is 12.9. The highest BCUT2D eigenvalue weighted by atomic mass is 35.5. The Morgan fingerprint density at radius 3 is 2.63 bits per heavy atom. The molecule has 1 aromatic heterocycles. The highest BCUT2D eigenvalue weighted by Crippen LogP contribution is 2.19. The Kier molecular flexibility index (Phi) is 6.87. The maximum atomic E-state index is 5.85. The first-order valence-electron chi connectivity index (χ1n) is 9.03. The second-order valence-corrected chi connectivity index (χ2v) is 6.36. The summed E-state index contributed by atoms with van der Waals surface area (Å²) in [5, 5.41) is 8.54. The van der Waals surface area contributed by atoms with Gasteiger partial charge >= 0.3 is 0 Å². The van der Waals surface area contributed by atoms with E-state index in [2.05, 4.69) is 39.4 Å². The van der Waals surface area contributed by atoms with Crippen LogP contribution >= 0.6 is 12.4 Å². The molecule has 3 aromatic rings. The van der Waals surface area contributed by atoms with Crippen molar-refractivity contribution in [1.82, 2.24) is 15.1 Å². The minimum Gasteiger partial charge on any atom is -0.492 e. The van der Waals surface area contributed by atoms with Crippen LogP contribution < -0.4 is 4.74 Å². The number of hydrogen-bond acceptors (Lipinski definition) is 4. The zero-order chi connectivity index (χ0) is 17.6. The van der Waals surface area contributed by atoms with Crippen molar-refractivity contribution in [3.8, 4) is 5.75 Å². The van der Waals surface area contributed by atoms with Gasteiger partial charge < -0.3 is 9.47 Å². The number of halogens is 1. The number of H-pyrrole nitrogens is 1. The Hall–Kier alpha value is -2.34. The smallest absolute Gasteiger partial charge is 0.119 e. The second-order valence-electron chi connectivity index (χ2n) is 6.36. The van der Waals surface area contributed by atoms with E-state index >= 15 is 0 Å². The van der Waals surface area contributed by atoms with Gasteiger partial charge in [0, 0.05) is 25.0 Å². The number of ether oxygens (including phenoxy) is 2. The van der Waals surface area contributed by atoms with Gasteiger partial charge in [-0.1, -0.05) is 36.4 Å². The Morgan fingerprint density at radius 2 is 1.81 bits per heavy atom. The van der Waals surface area contributed by atoms with Gasteiger partial charge in [-0.05, 0) is 29.8 Å². The number of hydrogen-bond donors (Lipinski definition) is 1. The molecule has 27 heavy (non-hydrogen) atoms. The first-order valence-corrected chi connectivity index (χ1v) is 9.03. The van der Waals surface area contributed by atoms with E-state index in [9.17, 15) is 0 Å². The first kappa shape index (κ1) is 19.4. The number of aromatic nitrogens is 2. The van der Waals surface area contributed by atoms with Gasteiger partial charge in [-0.3, -0.25) is 10.00 Å². The molecule has 0 saturated carbocycles. The number of nitrogens with zero attached hydrogens (tertiary/aromatic N) is 2. The van der Waals surface area contributed by atoms with E-state index in [1.165, 1.54) is 0 Å². The van der Waals surface area contributed by atoms with Crippen molar-refractivity contribution < 1.29 is 9.47 Å². The lowest BCUT2D eigenvalue weighted by Crippen LogP contribution is -2.38. The SMILES string of the molecule is C(=C\c1n[nH]c2ccccc12)/c1ccc(OCCN2CCOCC2)cc1.Cl. The highest BCUT2D eigenvalue weighted by Gasteiger charge is 2.09. The number of morpholine rings is 1. The predicted molar refractivity (Wildman–Crippen MR) is 111 cm³/mol. The quantitative estimate of drug-likeness (QED) is 0.699. The van der Waals surface area contributed by atoms with Crippen molar-refractivity contribution >= 4 is 35.5 Å². The van der Waals surface area contributed by atoms with E-state index < -0.39 is 0 Å². The third-order valence-electron chi connectivity index (χ3n) is 4.59. The monoisotopic (exact) mass is 385 g/mol. The van der Waals surface area contributed by atoms with Crippen LogP contribution in [0.1, 0.15) is 11.3 Å². The molecule has 0 bridgehead atoms. The van der Waals surface area contributed by atoms with Crippen molar-refractivity contribution in [2.75, 3.05) is 39.5 Å². The standard InChI is InChI=1S/C21H23N3O2.ClH/c1-2-4-20-19(3-1)21(23-22-20)10-7-17-5-8-18(9-6-17)26-16-13-24-11-14-25-15-12-24;/h1-10H,11-16H2,(H,22,23);1H/b10-7+;. The lowest BCUT2D eigenvalue weighted by atomic mass is 10.1. The van der Waals surface area contributed by atoms with Gasteiger partial charge in [0.25, 0.3) is 0 Å². The van der Waals surface area contributed by atoms with Crippen LogP contribution in [0, 0.1) is 0 Å². The third kappa shape index (κ3) is 5.10. The Balaban J connectivity index is 0.00000210. The summed E-state index contributed by atoms with van der Waals surface area (Å²) in [6.45, 7) is 5.29. The molecule has 0 amide bonds. The van der Waals surface area contributed by atoms with Gasteiger partial charge in [-0.15, -0.1) is 12.4 Å². The Bertz CT molecular complexity index is 871.